The zero-order chi connectivity index (χ0) is 12.7. The van der Waals surface area contributed by atoms with Crippen LogP contribution in [-0.4, -0.2) is 15.8 Å². The number of aromatic nitrogens is 1. The summed E-state index contributed by atoms with van der Waals surface area (Å²) in [6.07, 6.45) is 0. The molecular weight excluding hydrogens is 454 g/mol. The van der Waals surface area contributed by atoms with Crippen molar-refractivity contribution in [3.05, 3.63) is 45.5 Å². The summed E-state index contributed by atoms with van der Waals surface area (Å²) in [5.74, 6) is -1.12. The predicted molar refractivity (Wildman–Crippen MR) is 77.2 cm³/mol. The fourth-order valence-corrected chi connectivity index (χ4v) is 3.17. The molecule has 0 bridgehead atoms. The molecule has 0 aliphatic rings. The Morgan fingerprint density at radius 3 is 2.29 bits per heavy atom. The summed E-state index contributed by atoms with van der Waals surface area (Å²) in [4.78, 5) is 32.7. The molecule has 0 fully saturated rings. The van der Waals surface area contributed by atoms with Gasteiger partial charge in [-0.15, -0.1) is 0 Å². The molecule has 8 heteroatoms. The van der Waals surface area contributed by atoms with Gasteiger partial charge in [-0.1, -0.05) is 0 Å². The zero-order valence-electron chi connectivity index (χ0n) is 8.03. The summed E-state index contributed by atoms with van der Waals surface area (Å²) in [7, 11) is 0. The highest BCUT2D eigenvalue weighted by molar-refractivity contribution is 14.1. The quantitative estimate of drug-likeness (QED) is 0.527. The fourth-order valence-electron chi connectivity index (χ4n) is 1.20. The third-order valence-electron chi connectivity index (χ3n) is 2.05. The van der Waals surface area contributed by atoms with Crippen molar-refractivity contribution in [2.24, 2.45) is 0 Å². The van der Waals surface area contributed by atoms with Crippen LogP contribution in [0.2, 0.25) is 0 Å². The van der Waals surface area contributed by atoms with Crippen molar-refractivity contribution in [1.29, 1.82) is 0 Å². The lowest BCUT2D eigenvalue weighted by Crippen LogP contribution is -2.13. The minimum Gasteiger partial charge on any atom is -0.478 e. The van der Waals surface area contributed by atoms with Gasteiger partial charge in [0.2, 0.25) is 0 Å². The molecular formula is C9H4I2N2O4. The van der Waals surface area contributed by atoms with Gasteiger partial charge in [0.1, 0.15) is 0 Å². The van der Waals surface area contributed by atoms with Crippen LogP contribution in [0.5, 0.6) is 0 Å². The molecule has 0 saturated carbocycles. The van der Waals surface area contributed by atoms with Gasteiger partial charge in [0, 0.05) is 7.14 Å². The van der Waals surface area contributed by atoms with E-state index in [1.165, 1.54) is 6.07 Å². The summed E-state index contributed by atoms with van der Waals surface area (Å²) >= 11 is 3.94. The van der Waals surface area contributed by atoms with Crippen molar-refractivity contribution in [1.82, 2.24) is 4.68 Å². The highest BCUT2D eigenvalue weighted by Gasteiger charge is 2.21. The van der Waals surface area contributed by atoms with Gasteiger partial charge in [-0.05, 0) is 57.3 Å². The molecule has 1 aromatic carbocycles. The Labute approximate surface area is 122 Å². The number of carbonyl (C=O) groups is 1. The maximum absolute atomic E-state index is 11.1. The van der Waals surface area contributed by atoms with Crippen molar-refractivity contribution in [2.45, 2.75) is 0 Å². The van der Waals surface area contributed by atoms with Gasteiger partial charge in [-0.2, -0.15) is 4.68 Å². The van der Waals surface area contributed by atoms with Crippen molar-refractivity contribution < 1.29 is 9.90 Å². The lowest BCUT2D eigenvalue weighted by Gasteiger charge is -2.09. The summed E-state index contributed by atoms with van der Waals surface area (Å²) in [6, 6.07) is 3.21. The second-order valence-electron chi connectivity index (χ2n) is 3.17. The minimum absolute atomic E-state index is 0.0220. The van der Waals surface area contributed by atoms with E-state index in [1.807, 2.05) is 45.2 Å². The van der Waals surface area contributed by atoms with Crippen molar-refractivity contribution in [3.8, 4) is 0 Å². The number of hydrogen-bond donors (Lipinski definition) is 2. The number of anilines is 1. The molecule has 0 aliphatic carbocycles. The van der Waals surface area contributed by atoms with Gasteiger partial charge < -0.3 is 5.11 Å². The summed E-state index contributed by atoms with van der Waals surface area (Å²) in [5, 5.41) is 9.04. The van der Waals surface area contributed by atoms with E-state index in [0.29, 0.717) is 3.57 Å². The van der Waals surface area contributed by atoms with Gasteiger partial charge in [0.05, 0.1) is 11.3 Å². The first-order valence-electron chi connectivity index (χ1n) is 4.29. The Morgan fingerprint density at radius 1 is 1.24 bits per heavy atom. The van der Waals surface area contributed by atoms with Crippen LogP contribution in [0.4, 0.5) is 5.69 Å². The minimum atomic E-state index is -1.12. The van der Waals surface area contributed by atoms with Crippen LogP contribution in [-0.2, 0) is 0 Å². The van der Waals surface area contributed by atoms with E-state index in [-0.39, 0.29) is 11.3 Å². The third-order valence-corrected chi connectivity index (χ3v) is 3.52. The molecule has 0 aliphatic heterocycles. The molecule has 88 valence electrons. The third kappa shape index (κ3) is 2.36. The lowest BCUT2D eigenvalue weighted by molar-refractivity contribution is 0.0697. The van der Waals surface area contributed by atoms with Crippen molar-refractivity contribution in [2.75, 3.05) is 5.43 Å². The van der Waals surface area contributed by atoms with Crippen LogP contribution >= 0.6 is 45.2 Å². The molecule has 0 atom stereocenters. The molecule has 17 heavy (non-hydrogen) atoms. The smallest absolute Gasteiger partial charge is 0.340 e. The molecule has 2 N–H and O–H groups in total. The monoisotopic (exact) mass is 458 g/mol. The Morgan fingerprint density at radius 2 is 1.82 bits per heavy atom. The van der Waals surface area contributed by atoms with Gasteiger partial charge in [-0.3, -0.25) is 15.0 Å². The number of nitrogens with zero attached hydrogens (tertiary/aromatic N) is 1. The molecule has 6 nitrogen and oxygen atoms in total. The van der Waals surface area contributed by atoms with Crippen LogP contribution < -0.4 is 16.5 Å². The molecule has 1 heterocycles. The fraction of sp³-hybridized carbons (Fsp3) is 0. The van der Waals surface area contributed by atoms with Crippen LogP contribution in [0.1, 0.15) is 10.4 Å². The van der Waals surface area contributed by atoms with Crippen LogP contribution in [0.15, 0.2) is 21.7 Å². The van der Waals surface area contributed by atoms with Gasteiger partial charge >= 0.3 is 17.1 Å². The molecule has 1 aromatic heterocycles. The second-order valence-corrected chi connectivity index (χ2v) is 5.58. The Balaban J connectivity index is 2.52. The first-order valence-corrected chi connectivity index (χ1v) is 6.45. The normalized spacial score (nSPS) is 10.7. The van der Waals surface area contributed by atoms with Crippen LogP contribution in [0, 0.1) is 7.14 Å². The number of rotatable bonds is 3. The Bertz CT molecular complexity index is 659. The van der Waals surface area contributed by atoms with Gasteiger partial charge in [0.25, 0.3) is 0 Å². The van der Waals surface area contributed by atoms with E-state index >= 15 is 0 Å². The Kier molecular flexibility index (Phi) is 3.25. The van der Waals surface area contributed by atoms with Crippen molar-refractivity contribution in [3.63, 3.8) is 0 Å². The van der Waals surface area contributed by atoms with Crippen LogP contribution in [0.25, 0.3) is 0 Å². The van der Waals surface area contributed by atoms with Gasteiger partial charge in [-0.25, -0.2) is 4.79 Å². The zero-order valence-corrected chi connectivity index (χ0v) is 12.3. The molecule has 0 spiro atoms. The summed E-state index contributed by atoms with van der Waals surface area (Å²) < 4.78 is 2.16. The van der Waals surface area contributed by atoms with E-state index in [1.54, 1.807) is 6.07 Å². The molecule has 2 aromatic rings. The van der Waals surface area contributed by atoms with Crippen LogP contribution in [0.3, 0.4) is 0 Å². The van der Waals surface area contributed by atoms with E-state index in [0.717, 1.165) is 8.25 Å². The predicted octanol–water partition coefficient (Wildman–Crippen LogP) is 0.867. The number of nitrogens with one attached hydrogen (secondary N) is 1. The maximum atomic E-state index is 11.1. The highest BCUT2D eigenvalue weighted by atomic mass is 127. The SMILES string of the molecule is O=C(O)c1cc(I)cc(I)c1Nn1c(=O)c1=O. The number of benzene rings is 1. The highest BCUT2D eigenvalue weighted by Crippen LogP contribution is 2.26. The van der Waals surface area contributed by atoms with Gasteiger partial charge in [0.15, 0.2) is 0 Å². The standard InChI is InChI=1S/C9H4I2N2O4/c10-3-1-4(9(16)17)6(5(11)2-3)12-13-7(14)8(13)15/h1-2,12H,(H,16,17). The van der Waals surface area contributed by atoms with E-state index in [2.05, 4.69) is 5.43 Å². The molecule has 2 rings (SSSR count). The molecule has 0 amide bonds. The first-order chi connectivity index (χ1) is 7.91. The second kappa shape index (κ2) is 4.40. The number of hydrogen-bond acceptors (Lipinski definition) is 4. The largest absolute Gasteiger partial charge is 0.478 e. The van der Waals surface area contributed by atoms with E-state index < -0.39 is 17.1 Å². The molecule has 0 unspecified atom stereocenters. The maximum Gasteiger partial charge on any atom is 0.340 e. The number of aromatic carboxylic acids is 1. The Hall–Kier alpha value is -0.910. The first kappa shape index (κ1) is 12.5. The average Bonchev–Trinajstić information content (AvgIpc) is 2.79. The summed E-state index contributed by atoms with van der Waals surface area (Å²) in [6.45, 7) is 0. The average molecular weight is 458 g/mol. The number of carboxylic acid groups (broad SMARTS) is 1. The number of halogens is 2. The summed E-state index contributed by atoms with van der Waals surface area (Å²) in [5.41, 5.74) is 1.43. The van der Waals surface area contributed by atoms with Crippen molar-refractivity contribution >= 4 is 56.8 Å². The topological polar surface area (TPSA) is 88.4 Å². The lowest BCUT2D eigenvalue weighted by atomic mass is 10.2. The number of carboxylic acids is 1. The van der Waals surface area contributed by atoms with E-state index in [4.69, 9.17) is 5.11 Å². The molecule has 0 saturated heterocycles. The molecule has 0 radical (unpaired) electrons. The van der Waals surface area contributed by atoms with E-state index in [9.17, 15) is 14.4 Å².